The van der Waals surface area contributed by atoms with Crippen LogP contribution >= 0.6 is 0 Å². The van der Waals surface area contributed by atoms with E-state index < -0.39 is 5.97 Å². The molecule has 0 aromatic carbocycles. The molecule has 0 aliphatic heterocycles. The molecule has 0 fully saturated rings. The number of aryl methyl sites for hydroxylation is 1. The van der Waals surface area contributed by atoms with Gasteiger partial charge >= 0.3 is 5.97 Å². The van der Waals surface area contributed by atoms with E-state index in [1.807, 2.05) is 13.0 Å². The molecular weight excluding hydrogens is 206 g/mol. The van der Waals surface area contributed by atoms with Crippen molar-refractivity contribution in [3.8, 4) is 11.1 Å². The Kier molecular flexibility index (Phi) is 2.59. The SMILES string of the molecule is Cc1cncc(-c2cnc(C(=O)O)nc2)c1. The molecule has 2 aromatic heterocycles. The molecule has 2 rings (SSSR count). The summed E-state index contributed by atoms with van der Waals surface area (Å²) >= 11 is 0. The van der Waals surface area contributed by atoms with Gasteiger partial charge in [-0.15, -0.1) is 0 Å². The molecular formula is C11H9N3O2. The Balaban J connectivity index is 2.38. The summed E-state index contributed by atoms with van der Waals surface area (Å²) in [6, 6.07) is 1.94. The van der Waals surface area contributed by atoms with Crippen molar-refractivity contribution in [3.05, 3.63) is 42.2 Å². The van der Waals surface area contributed by atoms with Crippen molar-refractivity contribution < 1.29 is 9.90 Å². The molecule has 2 aromatic rings. The molecule has 0 atom stereocenters. The van der Waals surface area contributed by atoms with Crippen LogP contribution in [0.4, 0.5) is 0 Å². The van der Waals surface area contributed by atoms with Gasteiger partial charge in [-0.2, -0.15) is 0 Å². The van der Waals surface area contributed by atoms with E-state index >= 15 is 0 Å². The van der Waals surface area contributed by atoms with Gasteiger partial charge in [0.25, 0.3) is 0 Å². The summed E-state index contributed by atoms with van der Waals surface area (Å²) in [5.41, 5.74) is 2.65. The number of aromatic carboxylic acids is 1. The Morgan fingerprint density at radius 3 is 2.38 bits per heavy atom. The lowest BCUT2D eigenvalue weighted by atomic mass is 10.1. The van der Waals surface area contributed by atoms with E-state index in [1.165, 1.54) is 12.4 Å². The molecule has 5 nitrogen and oxygen atoms in total. The number of aromatic nitrogens is 3. The summed E-state index contributed by atoms with van der Waals surface area (Å²) in [7, 11) is 0. The van der Waals surface area contributed by atoms with E-state index in [4.69, 9.17) is 5.11 Å². The smallest absolute Gasteiger partial charge is 0.373 e. The molecule has 0 spiro atoms. The van der Waals surface area contributed by atoms with Crippen LogP contribution in [-0.4, -0.2) is 26.0 Å². The van der Waals surface area contributed by atoms with Gasteiger partial charge in [0.2, 0.25) is 5.82 Å². The molecule has 0 amide bonds. The highest BCUT2D eigenvalue weighted by atomic mass is 16.4. The number of carboxylic acid groups (broad SMARTS) is 1. The fourth-order valence-electron chi connectivity index (χ4n) is 1.30. The number of carbonyl (C=O) groups is 1. The van der Waals surface area contributed by atoms with Gasteiger partial charge in [0.1, 0.15) is 0 Å². The first kappa shape index (κ1) is 10.2. The average Bonchev–Trinajstić information content (AvgIpc) is 2.29. The van der Waals surface area contributed by atoms with Crippen LogP contribution in [0, 0.1) is 6.92 Å². The van der Waals surface area contributed by atoms with E-state index in [1.54, 1.807) is 12.4 Å². The third-order valence-corrected chi connectivity index (χ3v) is 2.05. The third-order valence-electron chi connectivity index (χ3n) is 2.05. The summed E-state index contributed by atoms with van der Waals surface area (Å²) in [5.74, 6) is -1.33. The molecule has 16 heavy (non-hydrogen) atoms. The first-order valence-electron chi connectivity index (χ1n) is 4.64. The van der Waals surface area contributed by atoms with Crippen LogP contribution in [0.3, 0.4) is 0 Å². The van der Waals surface area contributed by atoms with Crippen molar-refractivity contribution in [2.24, 2.45) is 0 Å². The summed E-state index contributed by atoms with van der Waals surface area (Å²) in [5, 5.41) is 8.65. The van der Waals surface area contributed by atoms with E-state index in [0.29, 0.717) is 0 Å². The highest BCUT2D eigenvalue weighted by molar-refractivity contribution is 5.83. The van der Waals surface area contributed by atoms with E-state index in [2.05, 4.69) is 15.0 Å². The predicted octanol–water partition coefficient (Wildman–Crippen LogP) is 1.55. The second kappa shape index (κ2) is 4.06. The number of hydrogen-bond acceptors (Lipinski definition) is 4. The summed E-state index contributed by atoms with van der Waals surface area (Å²) < 4.78 is 0. The summed E-state index contributed by atoms with van der Waals surface area (Å²) in [6.45, 7) is 1.93. The van der Waals surface area contributed by atoms with Crippen LogP contribution in [0.15, 0.2) is 30.9 Å². The largest absolute Gasteiger partial charge is 0.475 e. The monoisotopic (exact) mass is 215 g/mol. The van der Waals surface area contributed by atoms with Crippen LogP contribution in [0.2, 0.25) is 0 Å². The molecule has 0 aliphatic carbocycles. The van der Waals surface area contributed by atoms with Crippen LogP contribution in [-0.2, 0) is 0 Å². The Hall–Kier alpha value is -2.30. The topological polar surface area (TPSA) is 76.0 Å². The number of carboxylic acids is 1. The van der Waals surface area contributed by atoms with Crippen molar-refractivity contribution in [2.75, 3.05) is 0 Å². The first-order valence-corrected chi connectivity index (χ1v) is 4.64. The normalized spacial score (nSPS) is 10.1. The Morgan fingerprint density at radius 1 is 1.12 bits per heavy atom. The molecule has 0 radical (unpaired) electrons. The van der Waals surface area contributed by atoms with Crippen molar-refractivity contribution >= 4 is 5.97 Å². The molecule has 2 heterocycles. The highest BCUT2D eigenvalue weighted by Gasteiger charge is 2.06. The average molecular weight is 215 g/mol. The first-order chi connectivity index (χ1) is 7.66. The fourth-order valence-corrected chi connectivity index (χ4v) is 1.30. The van der Waals surface area contributed by atoms with Gasteiger partial charge in [0.15, 0.2) is 0 Å². The van der Waals surface area contributed by atoms with Crippen LogP contribution < -0.4 is 0 Å². The van der Waals surface area contributed by atoms with E-state index in [-0.39, 0.29) is 5.82 Å². The van der Waals surface area contributed by atoms with Gasteiger partial charge in [-0.1, -0.05) is 0 Å². The number of rotatable bonds is 2. The molecule has 0 aliphatic rings. The maximum Gasteiger partial charge on any atom is 0.373 e. The maximum atomic E-state index is 10.6. The number of pyridine rings is 1. The van der Waals surface area contributed by atoms with Crippen LogP contribution in [0.1, 0.15) is 16.2 Å². The molecule has 0 saturated heterocycles. The quantitative estimate of drug-likeness (QED) is 0.822. The third kappa shape index (κ3) is 2.03. The minimum absolute atomic E-state index is 0.204. The highest BCUT2D eigenvalue weighted by Crippen LogP contribution is 2.16. The lowest BCUT2D eigenvalue weighted by Crippen LogP contribution is -2.03. The molecule has 5 heteroatoms. The molecule has 80 valence electrons. The molecule has 1 N–H and O–H groups in total. The van der Waals surface area contributed by atoms with E-state index in [9.17, 15) is 4.79 Å². The predicted molar refractivity (Wildman–Crippen MR) is 57.0 cm³/mol. The van der Waals surface area contributed by atoms with Gasteiger partial charge in [-0.3, -0.25) is 4.98 Å². The second-order valence-corrected chi connectivity index (χ2v) is 3.35. The Labute approximate surface area is 91.8 Å². The second-order valence-electron chi connectivity index (χ2n) is 3.35. The maximum absolute atomic E-state index is 10.6. The van der Waals surface area contributed by atoms with Crippen molar-refractivity contribution in [2.45, 2.75) is 6.92 Å². The van der Waals surface area contributed by atoms with Gasteiger partial charge in [-0.05, 0) is 18.6 Å². The van der Waals surface area contributed by atoms with Crippen LogP contribution in [0.25, 0.3) is 11.1 Å². The van der Waals surface area contributed by atoms with Gasteiger partial charge in [0.05, 0.1) is 0 Å². The van der Waals surface area contributed by atoms with Crippen LogP contribution in [0.5, 0.6) is 0 Å². The van der Waals surface area contributed by atoms with Gasteiger partial charge in [0, 0.05) is 35.9 Å². The van der Waals surface area contributed by atoms with Crippen molar-refractivity contribution in [1.29, 1.82) is 0 Å². The fraction of sp³-hybridized carbons (Fsp3) is 0.0909. The lowest BCUT2D eigenvalue weighted by molar-refractivity contribution is 0.0683. The lowest BCUT2D eigenvalue weighted by Gasteiger charge is -2.01. The zero-order valence-corrected chi connectivity index (χ0v) is 8.58. The Bertz CT molecular complexity index is 523. The zero-order chi connectivity index (χ0) is 11.5. The Morgan fingerprint density at radius 2 is 1.81 bits per heavy atom. The standard InChI is InChI=1S/C11H9N3O2/c1-7-2-8(4-12-3-7)9-5-13-10(11(15)16)14-6-9/h2-6H,1H3,(H,15,16). The summed E-state index contributed by atoms with van der Waals surface area (Å²) in [6.07, 6.45) is 6.39. The molecule has 0 bridgehead atoms. The van der Waals surface area contributed by atoms with Crippen molar-refractivity contribution in [3.63, 3.8) is 0 Å². The van der Waals surface area contributed by atoms with E-state index in [0.717, 1.165) is 16.7 Å². The number of hydrogen-bond donors (Lipinski definition) is 1. The van der Waals surface area contributed by atoms with Gasteiger partial charge in [-0.25, -0.2) is 14.8 Å². The summed E-state index contributed by atoms with van der Waals surface area (Å²) in [4.78, 5) is 22.1. The van der Waals surface area contributed by atoms with Gasteiger partial charge < -0.3 is 5.11 Å². The molecule has 0 saturated carbocycles. The minimum Gasteiger partial charge on any atom is -0.475 e. The number of nitrogens with zero attached hydrogens (tertiary/aromatic N) is 3. The molecule has 0 unspecified atom stereocenters. The minimum atomic E-state index is -1.13. The van der Waals surface area contributed by atoms with Crippen molar-refractivity contribution in [1.82, 2.24) is 15.0 Å². The zero-order valence-electron chi connectivity index (χ0n) is 8.58.